The molecule has 0 radical (unpaired) electrons. The standard InChI is InChI=1S/C10H16N4O2S/c1-2-13-7-8-3-5-9(6-4-8)17(15,16)14-10(11)12/h3-6,13H,2,7H2,1H3,(H4,11,12,14). The summed E-state index contributed by atoms with van der Waals surface area (Å²) in [6, 6.07) is 6.40. The molecule has 1 aromatic carbocycles. The Morgan fingerprint density at radius 2 is 1.88 bits per heavy atom. The highest BCUT2D eigenvalue weighted by molar-refractivity contribution is 7.90. The fourth-order valence-electron chi connectivity index (χ4n) is 1.24. The molecule has 1 rings (SSSR count). The molecule has 17 heavy (non-hydrogen) atoms. The van der Waals surface area contributed by atoms with Crippen LogP contribution in [0.2, 0.25) is 0 Å². The van der Waals surface area contributed by atoms with Gasteiger partial charge in [-0.05, 0) is 24.2 Å². The molecule has 0 atom stereocenters. The van der Waals surface area contributed by atoms with E-state index in [-0.39, 0.29) is 4.90 Å². The maximum Gasteiger partial charge on any atom is 0.285 e. The number of benzene rings is 1. The van der Waals surface area contributed by atoms with Gasteiger partial charge in [0.15, 0.2) is 0 Å². The highest BCUT2D eigenvalue weighted by Crippen LogP contribution is 2.13. The number of rotatable bonds is 5. The summed E-state index contributed by atoms with van der Waals surface area (Å²) in [6.45, 7) is 3.55. The third kappa shape index (κ3) is 4.04. The number of sulfonamides is 1. The van der Waals surface area contributed by atoms with Crippen molar-refractivity contribution in [3.63, 3.8) is 0 Å². The van der Waals surface area contributed by atoms with E-state index in [4.69, 9.17) is 11.5 Å². The fourth-order valence-corrected chi connectivity index (χ4v) is 2.10. The molecule has 0 aliphatic carbocycles. The number of hydrogen-bond donors (Lipinski definition) is 3. The Balaban J connectivity index is 2.91. The van der Waals surface area contributed by atoms with Gasteiger partial charge in [0.1, 0.15) is 0 Å². The van der Waals surface area contributed by atoms with E-state index in [0.717, 1.165) is 12.1 Å². The highest BCUT2D eigenvalue weighted by atomic mass is 32.2. The smallest absolute Gasteiger partial charge is 0.285 e. The monoisotopic (exact) mass is 256 g/mol. The van der Waals surface area contributed by atoms with Crippen LogP contribution < -0.4 is 16.8 Å². The molecule has 94 valence electrons. The van der Waals surface area contributed by atoms with Gasteiger partial charge in [0.05, 0.1) is 4.90 Å². The first-order valence-corrected chi connectivity index (χ1v) is 6.55. The van der Waals surface area contributed by atoms with Gasteiger partial charge in [0.2, 0.25) is 5.96 Å². The Hall–Kier alpha value is -1.60. The van der Waals surface area contributed by atoms with Crippen molar-refractivity contribution >= 4 is 16.0 Å². The van der Waals surface area contributed by atoms with Crippen LogP contribution in [0.5, 0.6) is 0 Å². The predicted octanol–water partition coefficient (Wildman–Crippen LogP) is -0.242. The summed E-state index contributed by atoms with van der Waals surface area (Å²) in [5, 5.41) is 3.14. The molecule has 0 heterocycles. The molecule has 7 heteroatoms. The molecule has 0 unspecified atom stereocenters. The second-order valence-electron chi connectivity index (χ2n) is 3.42. The lowest BCUT2D eigenvalue weighted by Gasteiger charge is -2.03. The van der Waals surface area contributed by atoms with Gasteiger partial charge < -0.3 is 16.8 Å². The molecule has 0 amide bonds. The SMILES string of the molecule is CCNCc1ccc(S(=O)(=O)N=C(N)N)cc1. The molecule has 1 aromatic rings. The van der Waals surface area contributed by atoms with E-state index in [0.29, 0.717) is 6.54 Å². The first-order chi connectivity index (χ1) is 7.95. The van der Waals surface area contributed by atoms with E-state index in [1.807, 2.05) is 6.92 Å². The molecule has 6 nitrogen and oxygen atoms in total. The van der Waals surface area contributed by atoms with Gasteiger partial charge in [0, 0.05) is 6.54 Å². The van der Waals surface area contributed by atoms with Crippen molar-refractivity contribution in [1.29, 1.82) is 0 Å². The van der Waals surface area contributed by atoms with E-state index in [1.54, 1.807) is 12.1 Å². The minimum Gasteiger partial charge on any atom is -0.369 e. The third-order valence-corrected chi connectivity index (χ3v) is 3.34. The van der Waals surface area contributed by atoms with E-state index in [1.165, 1.54) is 12.1 Å². The number of nitrogens with one attached hydrogen (secondary N) is 1. The summed E-state index contributed by atoms with van der Waals surface area (Å²) < 4.78 is 26.4. The van der Waals surface area contributed by atoms with Crippen molar-refractivity contribution in [2.45, 2.75) is 18.4 Å². The Morgan fingerprint density at radius 3 is 2.35 bits per heavy atom. The van der Waals surface area contributed by atoms with Crippen LogP contribution in [0.1, 0.15) is 12.5 Å². The van der Waals surface area contributed by atoms with Gasteiger partial charge in [-0.1, -0.05) is 19.1 Å². The van der Waals surface area contributed by atoms with Crippen LogP contribution in [0.3, 0.4) is 0 Å². The van der Waals surface area contributed by atoms with Crippen molar-refractivity contribution in [3.8, 4) is 0 Å². The van der Waals surface area contributed by atoms with E-state index < -0.39 is 16.0 Å². The van der Waals surface area contributed by atoms with Crippen LogP contribution in [0.15, 0.2) is 33.6 Å². The van der Waals surface area contributed by atoms with Crippen LogP contribution in [-0.4, -0.2) is 20.9 Å². The zero-order chi connectivity index (χ0) is 12.9. The molecular weight excluding hydrogens is 240 g/mol. The molecule has 0 aliphatic heterocycles. The van der Waals surface area contributed by atoms with E-state index in [2.05, 4.69) is 9.71 Å². The lowest BCUT2D eigenvalue weighted by Crippen LogP contribution is -2.24. The summed E-state index contributed by atoms with van der Waals surface area (Å²) in [5.74, 6) is -0.471. The molecule has 0 saturated heterocycles. The Bertz CT molecular complexity index is 490. The third-order valence-electron chi connectivity index (χ3n) is 2.03. The summed E-state index contributed by atoms with van der Waals surface area (Å²) in [5.41, 5.74) is 11.1. The summed E-state index contributed by atoms with van der Waals surface area (Å²) >= 11 is 0. The van der Waals surface area contributed by atoms with Crippen LogP contribution in [-0.2, 0) is 16.6 Å². The fraction of sp³-hybridized carbons (Fsp3) is 0.300. The second-order valence-corrected chi connectivity index (χ2v) is 5.02. The molecule has 0 aromatic heterocycles. The van der Waals surface area contributed by atoms with E-state index >= 15 is 0 Å². The van der Waals surface area contributed by atoms with Gasteiger partial charge >= 0.3 is 0 Å². The Kier molecular flexibility index (Phi) is 4.47. The molecule has 0 spiro atoms. The number of nitrogens with zero attached hydrogens (tertiary/aromatic N) is 1. The Morgan fingerprint density at radius 1 is 1.29 bits per heavy atom. The average molecular weight is 256 g/mol. The number of guanidine groups is 1. The van der Waals surface area contributed by atoms with Crippen molar-refractivity contribution < 1.29 is 8.42 Å². The first-order valence-electron chi connectivity index (χ1n) is 5.11. The van der Waals surface area contributed by atoms with Crippen LogP contribution in [0.25, 0.3) is 0 Å². The Labute approximate surface area is 101 Å². The molecule has 0 aliphatic rings. The van der Waals surface area contributed by atoms with Gasteiger partial charge in [-0.2, -0.15) is 8.42 Å². The average Bonchev–Trinajstić information content (AvgIpc) is 2.25. The molecule has 0 bridgehead atoms. The molecule has 5 N–H and O–H groups in total. The minimum atomic E-state index is -3.78. The largest absolute Gasteiger partial charge is 0.369 e. The lowest BCUT2D eigenvalue weighted by atomic mass is 10.2. The van der Waals surface area contributed by atoms with Gasteiger partial charge in [0.25, 0.3) is 10.0 Å². The highest BCUT2D eigenvalue weighted by Gasteiger charge is 2.12. The second kappa shape index (κ2) is 5.65. The lowest BCUT2D eigenvalue weighted by molar-refractivity contribution is 0.598. The van der Waals surface area contributed by atoms with Gasteiger partial charge in [-0.15, -0.1) is 4.40 Å². The zero-order valence-corrected chi connectivity index (χ0v) is 10.4. The maximum atomic E-state index is 11.6. The minimum absolute atomic E-state index is 0.0751. The molecular formula is C10H16N4O2S. The quantitative estimate of drug-likeness (QED) is 0.497. The van der Waals surface area contributed by atoms with Crippen molar-refractivity contribution in [2.24, 2.45) is 15.9 Å². The first kappa shape index (κ1) is 13.5. The summed E-state index contributed by atoms with van der Waals surface area (Å²) in [6.07, 6.45) is 0. The number of hydrogen-bond acceptors (Lipinski definition) is 3. The van der Waals surface area contributed by atoms with Crippen molar-refractivity contribution in [3.05, 3.63) is 29.8 Å². The molecule has 0 fully saturated rings. The van der Waals surface area contributed by atoms with E-state index in [9.17, 15) is 8.42 Å². The van der Waals surface area contributed by atoms with Crippen LogP contribution in [0, 0.1) is 0 Å². The van der Waals surface area contributed by atoms with Crippen molar-refractivity contribution in [1.82, 2.24) is 5.32 Å². The van der Waals surface area contributed by atoms with Crippen LogP contribution in [0.4, 0.5) is 0 Å². The normalized spacial score (nSPS) is 11.1. The van der Waals surface area contributed by atoms with Gasteiger partial charge in [-0.3, -0.25) is 0 Å². The van der Waals surface area contributed by atoms with Crippen LogP contribution >= 0.6 is 0 Å². The number of nitrogens with two attached hydrogens (primary N) is 2. The topological polar surface area (TPSA) is 111 Å². The summed E-state index contributed by atoms with van der Waals surface area (Å²) in [7, 11) is -3.78. The van der Waals surface area contributed by atoms with Gasteiger partial charge in [-0.25, -0.2) is 0 Å². The predicted molar refractivity (Wildman–Crippen MR) is 66.8 cm³/mol. The molecule has 0 saturated carbocycles. The van der Waals surface area contributed by atoms with Crippen molar-refractivity contribution in [2.75, 3.05) is 6.54 Å². The zero-order valence-electron chi connectivity index (χ0n) is 9.55. The summed E-state index contributed by atoms with van der Waals surface area (Å²) in [4.78, 5) is 0.0751. The maximum absolute atomic E-state index is 11.6.